The third-order valence-corrected chi connectivity index (χ3v) is 6.45. The Morgan fingerprint density at radius 1 is 1.43 bits per heavy atom. The monoisotopic (exact) mass is 375 g/mol. The van der Waals surface area contributed by atoms with E-state index in [0.29, 0.717) is 23.1 Å². The Balaban J connectivity index is 2.45. The highest BCUT2D eigenvalue weighted by Crippen LogP contribution is 2.31. The molecular formula is C13H18BrN3O3S. The third-order valence-electron chi connectivity index (χ3n) is 3.54. The fourth-order valence-corrected chi connectivity index (χ4v) is 5.08. The van der Waals surface area contributed by atoms with Crippen LogP contribution in [0.2, 0.25) is 0 Å². The molecule has 8 heteroatoms. The lowest BCUT2D eigenvalue weighted by atomic mass is 10.0. The summed E-state index contributed by atoms with van der Waals surface area (Å²) in [7, 11) is -2.26. The van der Waals surface area contributed by atoms with Crippen molar-refractivity contribution in [3.05, 3.63) is 22.7 Å². The van der Waals surface area contributed by atoms with Gasteiger partial charge in [0.2, 0.25) is 15.9 Å². The zero-order valence-corrected chi connectivity index (χ0v) is 14.1. The van der Waals surface area contributed by atoms with Crippen LogP contribution in [0.5, 0.6) is 0 Å². The number of halogens is 1. The highest BCUT2D eigenvalue weighted by molar-refractivity contribution is 9.10. The Morgan fingerprint density at radius 3 is 2.81 bits per heavy atom. The summed E-state index contributed by atoms with van der Waals surface area (Å²) < 4.78 is 27.4. The first-order valence-corrected chi connectivity index (χ1v) is 8.89. The van der Waals surface area contributed by atoms with Crippen molar-refractivity contribution in [1.82, 2.24) is 9.62 Å². The predicted octanol–water partition coefficient (Wildman–Crippen LogP) is 1.32. The van der Waals surface area contributed by atoms with E-state index < -0.39 is 16.1 Å². The fourth-order valence-electron chi connectivity index (χ4n) is 2.47. The maximum Gasteiger partial charge on any atom is 0.245 e. The molecule has 1 fully saturated rings. The van der Waals surface area contributed by atoms with Crippen molar-refractivity contribution in [3.8, 4) is 0 Å². The smallest absolute Gasteiger partial charge is 0.245 e. The molecule has 1 aliphatic heterocycles. The molecule has 0 saturated carbocycles. The van der Waals surface area contributed by atoms with E-state index in [1.54, 1.807) is 12.1 Å². The van der Waals surface area contributed by atoms with Crippen LogP contribution in [0, 0.1) is 0 Å². The minimum atomic E-state index is -3.77. The van der Waals surface area contributed by atoms with Crippen molar-refractivity contribution in [2.75, 3.05) is 19.3 Å². The molecule has 1 amide bonds. The van der Waals surface area contributed by atoms with E-state index in [9.17, 15) is 13.2 Å². The molecule has 2 rings (SSSR count). The molecule has 0 bridgehead atoms. The summed E-state index contributed by atoms with van der Waals surface area (Å²) in [5, 5.41) is 2.53. The van der Waals surface area contributed by atoms with E-state index in [2.05, 4.69) is 21.2 Å². The molecule has 116 valence electrons. The number of rotatable bonds is 3. The SMILES string of the molecule is CNC(=O)C1CCCCN1S(=O)(=O)c1cc(N)ccc1Br. The van der Waals surface area contributed by atoms with Crippen molar-refractivity contribution in [1.29, 1.82) is 0 Å². The lowest BCUT2D eigenvalue weighted by Crippen LogP contribution is -2.51. The Hall–Kier alpha value is -1.12. The van der Waals surface area contributed by atoms with Gasteiger partial charge < -0.3 is 11.1 Å². The number of nitrogen functional groups attached to an aromatic ring is 1. The number of benzene rings is 1. The van der Waals surface area contributed by atoms with Crippen LogP contribution in [0.3, 0.4) is 0 Å². The lowest BCUT2D eigenvalue weighted by molar-refractivity contribution is -0.125. The number of hydrogen-bond acceptors (Lipinski definition) is 4. The second-order valence-electron chi connectivity index (χ2n) is 4.93. The molecular weight excluding hydrogens is 358 g/mol. The van der Waals surface area contributed by atoms with Crippen LogP contribution >= 0.6 is 15.9 Å². The zero-order valence-electron chi connectivity index (χ0n) is 11.7. The molecule has 1 unspecified atom stereocenters. The lowest BCUT2D eigenvalue weighted by Gasteiger charge is -2.33. The summed E-state index contributed by atoms with van der Waals surface area (Å²) in [6.07, 6.45) is 2.10. The number of nitrogens with one attached hydrogen (secondary N) is 1. The molecule has 0 aromatic heterocycles. The van der Waals surface area contributed by atoms with Crippen LogP contribution < -0.4 is 11.1 Å². The Labute approximate surface area is 132 Å². The number of carbonyl (C=O) groups excluding carboxylic acids is 1. The second-order valence-corrected chi connectivity index (χ2v) is 7.64. The number of amides is 1. The molecule has 3 N–H and O–H groups in total. The average molecular weight is 376 g/mol. The molecule has 1 aliphatic rings. The van der Waals surface area contributed by atoms with Crippen molar-refractivity contribution in [2.45, 2.75) is 30.2 Å². The minimum Gasteiger partial charge on any atom is -0.399 e. The van der Waals surface area contributed by atoms with Gasteiger partial charge in [0.15, 0.2) is 0 Å². The van der Waals surface area contributed by atoms with Gasteiger partial charge >= 0.3 is 0 Å². The first kappa shape index (κ1) is 16.3. The summed E-state index contributed by atoms with van der Waals surface area (Å²) in [6, 6.07) is 3.97. The first-order chi connectivity index (χ1) is 9.87. The van der Waals surface area contributed by atoms with E-state index >= 15 is 0 Å². The van der Waals surface area contributed by atoms with Crippen LogP contribution in [0.15, 0.2) is 27.6 Å². The van der Waals surface area contributed by atoms with Gasteiger partial charge in [-0.1, -0.05) is 6.42 Å². The van der Waals surface area contributed by atoms with Crippen molar-refractivity contribution >= 4 is 37.5 Å². The Morgan fingerprint density at radius 2 is 2.14 bits per heavy atom. The summed E-state index contributed by atoms with van der Waals surface area (Å²) in [4.78, 5) is 12.0. The quantitative estimate of drug-likeness (QED) is 0.779. The van der Waals surface area contributed by atoms with Gasteiger partial charge in [0.05, 0.1) is 4.90 Å². The summed E-state index contributed by atoms with van der Waals surface area (Å²) in [6.45, 7) is 0.335. The van der Waals surface area contributed by atoms with Gasteiger partial charge in [-0.3, -0.25) is 4.79 Å². The highest BCUT2D eigenvalue weighted by Gasteiger charge is 2.38. The molecule has 0 radical (unpaired) electrons. The van der Waals surface area contributed by atoms with E-state index in [1.807, 2.05) is 0 Å². The normalized spacial score (nSPS) is 20.2. The topological polar surface area (TPSA) is 92.5 Å². The number of sulfonamides is 1. The number of hydrogen-bond donors (Lipinski definition) is 2. The summed E-state index contributed by atoms with van der Waals surface area (Å²) in [5.41, 5.74) is 6.06. The molecule has 21 heavy (non-hydrogen) atoms. The molecule has 6 nitrogen and oxygen atoms in total. The van der Waals surface area contributed by atoms with Crippen molar-refractivity contribution in [2.24, 2.45) is 0 Å². The maximum absolute atomic E-state index is 12.9. The van der Waals surface area contributed by atoms with Gasteiger partial charge in [-0.2, -0.15) is 4.31 Å². The second kappa shape index (κ2) is 6.33. The third kappa shape index (κ3) is 3.22. The molecule has 1 atom stereocenters. The highest BCUT2D eigenvalue weighted by atomic mass is 79.9. The number of piperidine rings is 1. The van der Waals surface area contributed by atoms with Gasteiger partial charge in [0, 0.05) is 23.8 Å². The minimum absolute atomic E-state index is 0.0957. The number of carbonyl (C=O) groups is 1. The van der Waals surface area contributed by atoms with E-state index in [0.717, 1.165) is 12.8 Å². The van der Waals surface area contributed by atoms with Crippen LogP contribution in [0.4, 0.5) is 5.69 Å². The number of nitrogens with zero attached hydrogens (tertiary/aromatic N) is 1. The predicted molar refractivity (Wildman–Crippen MR) is 84.2 cm³/mol. The number of nitrogens with two attached hydrogens (primary N) is 1. The van der Waals surface area contributed by atoms with Gasteiger partial charge in [-0.05, 0) is 47.0 Å². The van der Waals surface area contributed by atoms with Crippen LogP contribution in [-0.4, -0.2) is 38.3 Å². The number of likely N-dealkylation sites (N-methyl/N-ethyl adjacent to an activating group) is 1. The number of anilines is 1. The Bertz CT molecular complexity index is 648. The molecule has 1 aromatic carbocycles. The van der Waals surface area contributed by atoms with Crippen LogP contribution in [-0.2, 0) is 14.8 Å². The average Bonchev–Trinajstić information content (AvgIpc) is 2.48. The van der Waals surface area contributed by atoms with Gasteiger partial charge in [0.1, 0.15) is 6.04 Å². The maximum atomic E-state index is 12.9. The first-order valence-electron chi connectivity index (χ1n) is 6.66. The summed E-state index contributed by atoms with van der Waals surface area (Å²) >= 11 is 3.24. The fraction of sp³-hybridized carbons (Fsp3) is 0.462. The zero-order chi connectivity index (χ0) is 15.6. The van der Waals surface area contributed by atoms with Gasteiger partial charge in [-0.25, -0.2) is 8.42 Å². The molecule has 0 aliphatic carbocycles. The molecule has 1 saturated heterocycles. The largest absolute Gasteiger partial charge is 0.399 e. The molecule has 0 spiro atoms. The van der Waals surface area contributed by atoms with E-state index in [1.165, 1.54) is 17.4 Å². The van der Waals surface area contributed by atoms with Crippen LogP contribution in [0.25, 0.3) is 0 Å². The summed E-state index contributed by atoms with van der Waals surface area (Å²) in [5.74, 6) is -0.279. The van der Waals surface area contributed by atoms with Crippen molar-refractivity contribution < 1.29 is 13.2 Å². The van der Waals surface area contributed by atoms with Gasteiger partial charge in [0.25, 0.3) is 0 Å². The molecule has 1 heterocycles. The Kier molecular flexibility index (Phi) is 4.90. The van der Waals surface area contributed by atoms with Crippen molar-refractivity contribution in [3.63, 3.8) is 0 Å². The van der Waals surface area contributed by atoms with E-state index in [-0.39, 0.29) is 10.8 Å². The standard InChI is InChI=1S/C13H18BrN3O3S/c1-16-13(18)11-4-2-3-7-17(11)21(19,20)12-8-9(15)5-6-10(12)14/h5-6,8,11H,2-4,7,15H2,1H3,(H,16,18). The van der Waals surface area contributed by atoms with Crippen LogP contribution in [0.1, 0.15) is 19.3 Å². The van der Waals surface area contributed by atoms with E-state index in [4.69, 9.17) is 5.73 Å². The molecule has 1 aromatic rings. The van der Waals surface area contributed by atoms with Gasteiger partial charge in [-0.15, -0.1) is 0 Å².